The zero-order chi connectivity index (χ0) is 14.7. The third-order valence-electron chi connectivity index (χ3n) is 3.53. The topological polar surface area (TPSA) is 68.2 Å². The molecule has 0 radical (unpaired) electrons. The van der Waals surface area contributed by atoms with Crippen LogP contribution in [0.15, 0.2) is 36.5 Å². The van der Waals surface area contributed by atoms with E-state index in [-0.39, 0.29) is 5.91 Å². The summed E-state index contributed by atoms with van der Waals surface area (Å²) in [6, 6.07) is 9.57. The summed E-state index contributed by atoms with van der Waals surface area (Å²) in [5, 5.41) is 10.2. The molecular formula is C15H18N4O2. The number of rotatable bonds is 4. The van der Waals surface area contributed by atoms with E-state index in [9.17, 15) is 4.79 Å². The Morgan fingerprint density at radius 1 is 1.48 bits per heavy atom. The summed E-state index contributed by atoms with van der Waals surface area (Å²) in [5.41, 5.74) is 2.01. The molecule has 6 heteroatoms. The van der Waals surface area contributed by atoms with Crippen LogP contribution >= 0.6 is 0 Å². The van der Waals surface area contributed by atoms with Crippen molar-refractivity contribution in [3.05, 3.63) is 42.2 Å². The molecule has 0 spiro atoms. The summed E-state index contributed by atoms with van der Waals surface area (Å²) >= 11 is 0. The number of hydrogen-bond donors (Lipinski definition) is 2. The molecule has 2 aromatic rings. The minimum absolute atomic E-state index is 0.0980. The quantitative estimate of drug-likeness (QED) is 0.878. The van der Waals surface area contributed by atoms with Crippen LogP contribution in [0.1, 0.15) is 5.69 Å². The van der Waals surface area contributed by atoms with E-state index in [1.807, 2.05) is 37.4 Å². The summed E-state index contributed by atoms with van der Waals surface area (Å²) in [5.74, 6) is 0.620. The van der Waals surface area contributed by atoms with Crippen molar-refractivity contribution in [3.63, 3.8) is 0 Å². The van der Waals surface area contributed by atoms with Crippen molar-refractivity contribution in [2.45, 2.75) is 12.5 Å². The predicted octanol–water partition coefficient (Wildman–Crippen LogP) is 0.952. The van der Waals surface area contributed by atoms with Crippen LogP contribution in [0.3, 0.4) is 0 Å². The molecule has 0 saturated carbocycles. The molecule has 1 atom stereocenters. The van der Waals surface area contributed by atoms with Gasteiger partial charge in [-0.25, -0.2) is 0 Å². The molecule has 1 aliphatic rings. The first-order valence-electron chi connectivity index (χ1n) is 6.98. The second-order valence-electron chi connectivity index (χ2n) is 4.97. The monoisotopic (exact) mass is 286 g/mol. The van der Waals surface area contributed by atoms with Crippen molar-refractivity contribution >= 4 is 11.6 Å². The van der Waals surface area contributed by atoms with Crippen LogP contribution in [-0.2, 0) is 18.3 Å². The second kappa shape index (κ2) is 5.87. The van der Waals surface area contributed by atoms with Crippen molar-refractivity contribution in [2.75, 3.05) is 18.4 Å². The van der Waals surface area contributed by atoms with Crippen molar-refractivity contribution in [1.29, 1.82) is 0 Å². The van der Waals surface area contributed by atoms with E-state index in [0.717, 1.165) is 23.6 Å². The zero-order valence-corrected chi connectivity index (χ0v) is 11.9. The van der Waals surface area contributed by atoms with Crippen LogP contribution in [0.5, 0.6) is 5.75 Å². The highest BCUT2D eigenvalue weighted by Crippen LogP contribution is 2.28. The Labute approximate surface area is 123 Å². The van der Waals surface area contributed by atoms with Gasteiger partial charge in [0.25, 0.3) is 5.91 Å². The van der Waals surface area contributed by atoms with Gasteiger partial charge in [0.1, 0.15) is 5.75 Å². The molecule has 2 N–H and O–H groups in total. The number of para-hydroxylation sites is 2. The summed E-state index contributed by atoms with van der Waals surface area (Å²) in [6.07, 6.45) is 2.01. The molecule has 0 bridgehead atoms. The van der Waals surface area contributed by atoms with E-state index >= 15 is 0 Å². The van der Waals surface area contributed by atoms with E-state index < -0.39 is 6.10 Å². The number of hydrogen-bond acceptors (Lipinski definition) is 4. The minimum atomic E-state index is -0.494. The van der Waals surface area contributed by atoms with Crippen molar-refractivity contribution in [1.82, 2.24) is 15.1 Å². The Morgan fingerprint density at radius 2 is 2.33 bits per heavy atom. The first kappa shape index (κ1) is 13.5. The summed E-state index contributed by atoms with van der Waals surface area (Å²) in [6.45, 7) is 1.05. The van der Waals surface area contributed by atoms with E-state index in [0.29, 0.717) is 13.1 Å². The molecule has 1 aromatic carbocycles. The van der Waals surface area contributed by atoms with Gasteiger partial charge in [-0.05, 0) is 18.2 Å². The van der Waals surface area contributed by atoms with Gasteiger partial charge in [-0.1, -0.05) is 12.1 Å². The van der Waals surface area contributed by atoms with Gasteiger partial charge >= 0.3 is 0 Å². The highest BCUT2D eigenvalue weighted by Gasteiger charge is 2.25. The fourth-order valence-electron chi connectivity index (χ4n) is 2.33. The molecule has 1 aliphatic heterocycles. The van der Waals surface area contributed by atoms with Crippen LogP contribution in [0.2, 0.25) is 0 Å². The Balaban J connectivity index is 1.52. The Bertz CT molecular complexity index is 638. The van der Waals surface area contributed by atoms with Crippen molar-refractivity contribution < 1.29 is 9.53 Å². The van der Waals surface area contributed by atoms with Crippen molar-refractivity contribution in [2.24, 2.45) is 7.05 Å². The lowest BCUT2D eigenvalue weighted by atomic mass is 10.2. The lowest BCUT2D eigenvalue weighted by molar-refractivity contribution is -0.127. The molecule has 1 unspecified atom stereocenters. The number of ether oxygens (including phenoxy) is 1. The average Bonchev–Trinajstić information content (AvgIpc) is 2.92. The zero-order valence-electron chi connectivity index (χ0n) is 11.9. The van der Waals surface area contributed by atoms with Gasteiger partial charge in [-0.15, -0.1) is 0 Å². The smallest absolute Gasteiger partial charge is 0.262 e. The Kier molecular flexibility index (Phi) is 3.77. The van der Waals surface area contributed by atoms with Crippen LogP contribution in [-0.4, -0.2) is 34.9 Å². The molecule has 0 saturated heterocycles. The fourth-order valence-corrected chi connectivity index (χ4v) is 2.33. The number of benzene rings is 1. The third-order valence-corrected chi connectivity index (χ3v) is 3.53. The van der Waals surface area contributed by atoms with Gasteiger partial charge in [-0.3, -0.25) is 9.48 Å². The van der Waals surface area contributed by atoms with Crippen LogP contribution in [0.25, 0.3) is 0 Å². The molecule has 0 aliphatic carbocycles. The van der Waals surface area contributed by atoms with Gasteiger partial charge in [0, 0.05) is 31.9 Å². The van der Waals surface area contributed by atoms with E-state index in [1.54, 1.807) is 10.9 Å². The van der Waals surface area contributed by atoms with Crippen LogP contribution < -0.4 is 15.4 Å². The standard InChI is InChI=1S/C15H18N4O2/c1-19-11(7-9-18-19)6-8-16-15(20)14-10-17-12-4-2-3-5-13(12)21-14/h2-5,7,9,14,17H,6,8,10H2,1H3,(H,16,20). The predicted molar refractivity (Wildman–Crippen MR) is 79.3 cm³/mol. The number of carbonyl (C=O) groups is 1. The fraction of sp³-hybridized carbons (Fsp3) is 0.333. The second-order valence-corrected chi connectivity index (χ2v) is 4.97. The molecular weight excluding hydrogens is 268 g/mol. The number of nitrogens with one attached hydrogen (secondary N) is 2. The van der Waals surface area contributed by atoms with Crippen molar-refractivity contribution in [3.8, 4) is 5.75 Å². The lowest BCUT2D eigenvalue weighted by Gasteiger charge is -2.26. The third kappa shape index (κ3) is 2.99. The minimum Gasteiger partial charge on any atom is -0.477 e. The van der Waals surface area contributed by atoms with Gasteiger partial charge in [-0.2, -0.15) is 5.10 Å². The summed E-state index contributed by atoms with van der Waals surface area (Å²) in [4.78, 5) is 12.1. The first-order chi connectivity index (χ1) is 10.2. The molecule has 2 heterocycles. The normalized spacial score (nSPS) is 16.5. The van der Waals surface area contributed by atoms with Crippen LogP contribution in [0.4, 0.5) is 5.69 Å². The number of carbonyl (C=O) groups excluding carboxylic acids is 1. The number of amides is 1. The lowest BCUT2D eigenvalue weighted by Crippen LogP contribution is -2.45. The average molecular weight is 286 g/mol. The molecule has 0 fully saturated rings. The maximum Gasteiger partial charge on any atom is 0.262 e. The molecule has 110 valence electrons. The van der Waals surface area contributed by atoms with Gasteiger partial charge < -0.3 is 15.4 Å². The highest BCUT2D eigenvalue weighted by molar-refractivity contribution is 5.83. The van der Waals surface area contributed by atoms with E-state index in [1.165, 1.54) is 0 Å². The largest absolute Gasteiger partial charge is 0.477 e. The molecule has 21 heavy (non-hydrogen) atoms. The number of anilines is 1. The molecule has 3 rings (SSSR count). The maximum absolute atomic E-state index is 12.1. The molecule has 1 amide bonds. The van der Waals surface area contributed by atoms with Gasteiger partial charge in [0.15, 0.2) is 6.10 Å². The summed E-state index contributed by atoms with van der Waals surface area (Å²) in [7, 11) is 1.89. The first-order valence-corrected chi connectivity index (χ1v) is 6.98. The molecule has 6 nitrogen and oxygen atoms in total. The molecule has 1 aromatic heterocycles. The van der Waals surface area contributed by atoms with Gasteiger partial charge in [0.2, 0.25) is 0 Å². The Hall–Kier alpha value is -2.50. The van der Waals surface area contributed by atoms with E-state index in [4.69, 9.17) is 4.74 Å². The number of nitrogens with zero attached hydrogens (tertiary/aromatic N) is 2. The number of fused-ring (bicyclic) bond motifs is 1. The maximum atomic E-state index is 12.1. The number of aryl methyl sites for hydroxylation is 1. The highest BCUT2D eigenvalue weighted by atomic mass is 16.5. The number of aromatic nitrogens is 2. The SMILES string of the molecule is Cn1nccc1CCNC(=O)C1CNc2ccccc2O1. The van der Waals surface area contributed by atoms with Gasteiger partial charge in [0.05, 0.1) is 12.2 Å². The summed E-state index contributed by atoms with van der Waals surface area (Å²) < 4.78 is 7.52. The van der Waals surface area contributed by atoms with Crippen LogP contribution in [0, 0.1) is 0 Å². The van der Waals surface area contributed by atoms with E-state index in [2.05, 4.69) is 15.7 Å². The Morgan fingerprint density at radius 3 is 3.14 bits per heavy atom.